The molecular weight excluding hydrogens is 320 g/mol. The van der Waals surface area contributed by atoms with Crippen LogP contribution in [0, 0.1) is 0 Å². The van der Waals surface area contributed by atoms with Gasteiger partial charge < -0.3 is 10.2 Å². The van der Waals surface area contributed by atoms with Crippen molar-refractivity contribution in [3.63, 3.8) is 0 Å². The fourth-order valence-electron chi connectivity index (χ4n) is 1.75. The van der Waals surface area contributed by atoms with Crippen molar-refractivity contribution >= 4 is 22.1 Å². The molecule has 0 bridgehead atoms. The normalized spacial score (nSPS) is 11.3. The second kappa shape index (κ2) is 5.13. The second-order valence-corrected chi connectivity index (χ2v) is 5.50. The minimum atomic E-state index is -4.77. The van der Waals surface area contributed by atoms with Gasteiger partial charge in [-0.25, -0.2) is 14.3 Å². The highest BCUT2D eigenvalue weighted by Crippen LogP contribution is 2.19. The molecule has 2 rings (SSSR count). The van der Waals surface area contributed by atoms with Crippen LogP contribution in [0.5, 0.6) is 0 Å². The quantitative estimate of drug-likeness (QED) is 0.560. The number of aromatic amines is 1. The molecule has 0 fully saturated rings. The van der Waals surface area contributed by atoms with Crippen molar-refractivity contribution in [2.75, 3.05) is 0 Å². The van der Waals surface area contributed by atoms with Crippen molar-refractivity contribution in [2.45, 2.75) is 4.90 Å². The van der Waals surface area contributed by atoms with Crippen LogP contribution in [0.4, 0.5) is 0 Å². The van der Waals surface area contributed by atoms with E-state index in [-0.39, 0.29) is 5.69 Å². The molecule has 116 valence electrons. The summed E-state index contributed by atoms with van der Waals surface area (Å²) in [5.74, 6) is -3.04. The largest absolute Gasteiger partial charge is 0.478 e. The molecule has 4 N–H and O–H groups in total. The molecule has 0 atom stereocenters. The van der Waals surface area contributed by atoms with Crippen molar-refractivity contribution < 1.29 is 32.8 Å². The summed E-state index contributed by atoms with van der Waals surface area (Å²) in [6.45, 7) is 0. The first-order valence-electron chi connectivity index (χ1n) is 5.52. The summed E-state index contributed by atoms with van der Waals surface area (Å²) in [4.78, 5) is 32.7. The Bertz CT molecular complexity index is 937. The zero-order valence-corrected chi connectivity index (χ0v) is 11.4. The number of rotatable bonds is 4. The minimum Gasteiger partial charge on any atom is -0.478 e. The molecule has 0 amide bonds. The molecule has 1 aromatic heterocycles. The summed E-state index contributed by atoms with van der Waals surface area (Å²) in [6.07, 6.45) is 0. The number of hydrogen-bond acceptors (Lipinski definition) is 5. The molecule has 10 nitrogen and oxygen atoms in total. The maximum atomic E-state index is 11.7. The standard InChI is InChI=1S/C11H8N2O8S/c14-9-4-7(11(17)18)12-13(9)5-1-2-8(22(19,20)21)6(3-5)10(15)16/h1-4,12H,(H,15,16)(H,17,18)(H,19,20,21). The predicted octanol–water partition coefficient (Wildman–Crippen LogP) is -0.191. The minimum absolute atomic E-state index is 0.109. The lowest BCUT2D eigenvalue weighted by Gasteiger charge is -2.07. The Morgan fingerprint density at radius 2 is 1.73 bits per heavy atom. The molecule has 0 radical (unpaired) electrons. The van der Waals surface area contributed by atoms with Gasteiger partial charge in [0.2, 0.25) is 0 Å². The van der Waals surface area contributed by atoms with Gasteiger partial charge in [0, 0.05) is 6.07 Å². The third-order valence-electron chi connectivity index (χ3n) is 2.68. The molecule has 0 aliphatic carbocycles. The number of hydrogen-bond donors (Lipinski definition) is 4. The fourth-order valence-corrected chi connectivity index (χ4v) is 2.41. The maximum Gasteiger partial charge on any atom is 0.353 e. The summed E-state index contributed by atoms with van der Waals surface area (Å²) < 4.78 is 31.9. The molecule has 1 heterocycles. The summed E-state index contributed by atoms with van der Waals surface area (Å²) in [5.41, 5.74) is -2.09. The lowest BCUT2D eigenvalue weighted by molar-refractivity contribution is 0.0680. The number of nitrogens with zero attached hydrogens (tertiary/aromatic N) is 1. The van der Waals surface area contributed by atoms with E-state index in [0.717, 1.165) is 28.9 Å². The average Bonchev–Trinajstić information content (AvgIpc) is 2.79. The monoisotopic (exact) mass is 328 g/mol. The molecule has 0 saturated carbocycles. The number of carboxylic acids is 2. The number of nitrogens with one attached hydrogen (secondary N) is 1. The van der Waals surface area contributed by atoms with E-state index < -0.39 is 43.8 Å². The summed E-state index contributed by atoms with van der Waals surface area (Å²) in [7, 11) is -4.77. The third kappa shape index (κ3) is 2.75. The van der Waals surface area contributed by atoms with E-state index in [4.69, 9.17) is 14.8 Å². The van der Waals surface area contributed by atoms with E-state index >= 15 is 0 Å². The first kappa shape index (κ1) is 15.5. The van der Waals surface area contributed by atoms with E-state index in [9.17, 15) is 22.8 Å². The molecule has 0 saturated heterocycles. The Morgan fingerprint density at radius 1 is 1.09 bits per heavy atom. The van der Waals surface area contributed by atoms with Gasteiger partial charge in [0.15, 0.2) is 0 Å². The van der Waals surface area contributed by atoms with Crippen LogP contribution in [0.15, 0.2) is 34.0 Å². The molecule has 2 aromatic rings. The van der Waals surface area contributed by atoms with Crippen molar-refractivity contribution in [2.24, 2.45) is 0 Å². The summed E-state index contributed by atoms with van der Waals surface area (Å²) in [5, 5.41) is 20.0. The van der Waals surface area contributed by atoms with Gasteiger partial charge in [-0.15, -0.1) is 0 Å². The summed E-state index contributed by atoms with van der Waals surface area (Å²) in [6, 6.07) is 3.43. The maximum absolute atomic E-state index is 11.7. The van der Waals surface area contributed by atoms with Crippen LogP contribution < -0.4 is 5.56 Å². The topological polar surface area (TPSA) is 167 Å². The third-order valence-corrected chi connectivity index (χ3v) is 3.59. The van der Waals surface area contributed by atoms with Crippen molar-refractivity contribution in [3.8, 4) is 5.69 Å². The predicted molar refractivity (Wildman–Crippen MR) is 70.1 cm³/mol. The van der Waals surface area contributed by atoms with E-state index in [0.29, 0.717) is 0 Å². The molecule has 0 aliphatic heterocycles. The van der Waals surface area contributed by atoms with E-state index in [1.54, 1.807) is 0 Å². The van der Waals surface area contributed by atoms with Crippen LogP contribution in [-0.2, 0) is 10.1 Å². The Labute approximate surface area is 122 Å². The lowest BCUT2D eigenvalue weighted by atomic mass is 10.2. The number of benzene rings is 1. The van der Waals surface area contributed by atoms with Crippen LogP contribution in [0.1, 0.15) is 20.8 Å². The number of carbonyl (C=O) groups is 2. The average molecular weight is 328 g/mol. The molecule has 1 aromatic carbocycles. The van der Waals surface area contributed by atoms with Crippen molar-refractivity contribution in [1.82, 2.24) is 9.78 Å². The van der Waals surface area contributed by atoms with Gasteiger partial charge in [-0.2, -0.15) is 8.42 Å². The van der Waals surface area contributed by atoms with Gasteiger partial charge in [-0.1, -0.05) is 0 Å². The fraction of sp³-hybridized carbons (Fsp3) is 0. The number of aromatic nitrogens is 2. The van der Waals surface area contributed by atoms with Gasteiger partial charge in [0.25, 0.3) is 15.7 Å². The van der Waals surface area contributed by atoms with Crippen LogP contribution in [-0.4, -0.2) is 44.9 Å². The highest BCUT2D eigenvalue weighted by Gasteiger charge is 2.21. The lowest BCUT2D eigenvalue weighted by Crippen LogP contribution is -2.16. The van der Waals surface area contributed by atoms with Crippen molar-refractivity contribution in [3.05, 3.63) is 45.9 Å². The highest BCUT2D eigenvalue weighted by molar-refractivity contribution is 7.86. The van der Waals surface area contributed by atoms with Crippen LogP contribution >= 0.6 is 0 Å². The zero-order valence-electron chi connectivity index (χ0n) is 10.5. The molecule has 0 spiro atoms. The molecule has 0 aliphatic rings. The van der Waals surface area contributed by atoms with Crippen LogP contribution in [0.3, 0.4) is 0 Å². The smallest absolute Gasteiger partial charge is 0.353 e. The van der Waals surface area contributed by atoms with E-state index in [2.05, 4.69) is 5.10 Å². The van der Waals surface area contributed by atoms with Gasteiger partial charge in [-0.05, 0) is 18.2 Å². The van der Waals surface area contributed by atoms with Gasteiger partial charge in [0.05, 0.1) is 11.3 Å². The number of H-pyrrole nitrogens is 1. The number of aromatic carboxylic acids is 2. The van der Waals surface area contributed by atoms with Gasteiger partial charge in [-0.3, -0.25) is 14.4 Å². The zero-order chi connectivity index (χ0) is 16.7. The SMILES string of the molecule is O=C(O)c1cc(=O)n(-c2ccc(S(=O)(=O)O)c(C(=O)O)c2)[nH]1. The molecule has 0 unspecified atom stereocenters. The number of carboxylic acid groups (broad SMARTS) is 2. The van der Waals surface area contributed by atoms with Crippen molar-refractivity contribution in [1.29, 1.82) is 0 Å². The Balaban J connectivity index is 2.69. The molecule has 22 heavy (non-hydrogen) atoms. The molecule has 11 heteroatoms. The van der Waals surface area contributed by atoms with Crippen LogP contribution in [0.25, 0.3) is 5.69 Å². The second-order valence-electron chi connectivity index (χ2n) is 4.11. The highest BCUT2D eigenvalue weighted by atomic mass is 32.2. The van der Waals surface area contributed by atoms with E-state index in [1.807, 2.05) is 0 Å². The van der Waals surface area contributed by atoms with Crippen LogP contribution in [0.2, 0.25) is 0 Å². The van der Waals surface area contributed by atoms with Gasteiger partial charge in [0.1, 0.15) is 10.6 Å². The first-order valence-corrected chi connectivity index (χ1v) is 6.96. The molecular formula is C11H8N2O8S. The first-order chi connectivity index (χ1) is 10.1. The Morgan fingerprint density at radius 3 is 2.18 bits per heavy atom. The Kier molecular flexibility index (Phi) is 3.60. The Hall–Kier alpha value is -2.92. The van der Waals surface area contributed by atoms with E-state index in [1.165, 1.54) is 0 Å². The van der Waals surface area contributed by atoms with Gasteiger partial charge >= 0.3 is 11.9 Å². The summed E-state index contributed by atoms with van der Waals surface area (Å²) >= 11 is 0.